The van der Waals surface area contributed by atoms with Gasteiger partial charge in [0.05, 0.1) is 7.11 Å². The number of anilines is 4. The number of aromatic nitrogens is 2. The third kappa shape index (κ3) is 4.39. The number of benzene rings is 2. The van der Waals surface area contributed by atoms with Crippen LogP contribution in [0.4, 0.5) is 23.0 Å². The van der Waals surface area contributed by atoms with Gasteiger partial charge in [-0.3, -0.25) is 0 Å². The maximum absolute atomic E-state index is 6.08. The summed E-state index contributed by atoms with van der Waals surface area (Å²) in [6.45, 7) is 3.87. The van der Waals surface area contributed by atoms with Gasteiger partial charge >= 0.3 is 0 Å². The van der Waals surface area contributed by atoms with Gasteiger partial charge in [-0.2, -0.15) is 0 Å². The molecule has 1 heterocycles. The van der Waals surface area contributed by atoms with Crippen LogP contribution in [0.3, 0.4) is 0 Å². The second kappa shape index (κ2) is 7.40. The molecule has 0 saturated heterocycles. The smallest absolute Gasteiger partial charge is 0.136 e. The normalized spacial score (nSPS) is 10.4. The van der Waals surface area contributed by atoms with E-state index in [0.717, 1.165) is 22.7 Å². The molecule has 0 radical (unpaired) electrons. The molecule has 25 heavy (non-hydrogen) atoms. The molecule has 3 aromatic rings. The van der Waals surface area contributed by atoms with Crippen molar-refractivity contribution in [2.75, 3.05) is 17.7 Å². The summed E-state index contributed by atoms with van der Waals surface area (Å²) in [6.07, 6.45) is 0. The molecule has 0 spiro atoms. The monoisotopic (exact) mass is 354 g/mol. The molecule has 0 unspecified atom stereocenters. The fourth-order valence-corrected chi connectivity index (χ4v) is 2.58. The Morgan fingerprint density at radius 1 is 0.920 bits per heavy atom. The van der Waals surface area contributed by atoms with Gasteiger partial charge in [0.2, 0.25) is 0 Å². The molecule has 3 rings (SSSR count). The summed E-state index contributed by atoms with van der Waals surface area (Å²) in [5.74, 6) is 2.84. The van der Waals surface area contributed by atoms with Gasteiger partial charge in [-0.25, -0.2) is 9.97 Å². The number of hydrogen-bond donors (Lipinski definition) is 2. The maximum atomic E-state index is 6.08. The number of rotatable bonds is 5. The number of nitrogens with one attached hydrogen (secondary N) is 2. The van der Waals surface area contributed by atoms with Gasteiger partial charge in [0.1, 0.15) is 23.2 Å². The number of methoxy groups -OCH3 is 1. The van der Waals surface area contributed by atoms with Gasteiger partial charge in [-0.15, -0.1) is 0 Å². The van der Waals surface area contributed by atoms with E-state index in [2.05, 4.69) is 20.6 Å². The van der Waals surface area contributed by atoms with Crippen LogP contribution in [-0.4, -0.2) is 17.1 Å². The first kappa shape index (κ1) is 17.0. The van der Waals surface area contributed by atoms with Crippen LogP contribution in [0.15, 0.2) is 48.5 Å². The Kier molecular flexibility index (Phi) is 5.05. The Morgan fingerprint density at radius 2 is 1.68 bits per heavy atom. The lowest BCUT2D eigenvalue weighted by Gasteiger charge is -2.12. The molecular weight excluding hydrogens is 336 g/mol. The van der Waals surface area contributed by atoms with Crippen LogP contribution >= 0.6 is 11.6 Å². The number of nitrogens with zero attached hydrogens (tertiary/aromatic N) is 2. The van der Waals surface area contributed by atoms with Crippen LogP contribution < -0.4 is 15.4 Å². The van der Waals surface area contributed by atoms with Gasteiger partial charge < -0.3 is 15.4 Å². The molecule has 0 atom stereocenters. The van der Waals surface area contributed by atoms with Crippen molar-refractivity contribution in [2.45, 2.75) is 13.8 Å². The van der Waals surface area contributed by atoms with Gasteiger partial charge in [-0.1, -0.05) is 23.7 Å². The zero-order valence-corrected chi connectivity index (χ0v) is 15.1. The molecule has 0 aliphatic rings. The molecule has 6 heteroatoms. The highest BCUT2D eigenvalue weighted by molar-refractivity contribution is 6.30. The summed E-state index contributed by atoms with van der Waals surface area (Å²) in [6, 6.07) is 15.2. The second-order valence-electron chi connectivity index (χ2n) is 5.63. The van der Waals surface area contributed by atoms with Crippen molar-refractivity contribution >= 4 is 34.6 Å². The molecule has 0 saturated carbocycles. The zero-order chi connectivity index (χ0) is 17.8. The predicted molar refractivity (Wildman–Crippen MR) is 103 cm³/mol. The van der Waals surface area contributed by atoms with Crippen LogP contribution in [0, 0.1) is 13.8 Å². The van der Waals surface area contributed by atoms with E-state index < -0.39 is 0 Å². The largest absolute Gasteiger partial charge is 0.497 e. The van der Waals surface area contributed by atoms with Crippen molar-refractivity contribution < 1.29 is 4.74 Å². The Labute approximate surface area is 152 Å². The van der Waals surface area contributed by atoms with E-state index in [1.807, 2.05) is 62.4 Å². The molecule has 0 bridgehead atoms. The fraction of sp³-hybridized carbons (Fsp3) is 0.158. The van der Waals surface area contributed by atoms with Crippen LogP contribution in [0.1, 0.15) is 11.4 Å². The van der Waals surface area contributed by atoms with Gasteiger partial charge in [0.25, 0.3) is 0 Å². The standard InChI is InChI=1S/C19H19ClN4O/c1-12-7-8-14(20)9-17(12)24-19-11-18(21-13(2)22-19)23-15-5-4-6-16(10-15)25-3/h4-11H,1-3H3,(H2,21,22,23,24). The summed E-state index contributed by atoms with van der Waals surface area (Å²) < 4.78 is 5.25. The van der Waals surface area contributed by atoms with Gasteiger partial charge in [0, 0.05) is 28.5 Å². The van der Waals surface area contributed by atoms with E-state index in [1.165, 1.54) is 0 Å². The summed E-state index contributed by atoms with van der Waals surface area (Å²) in [5.41, 5.74) is 2.89. The van der Waals surface area contributed by atoms with Crippen molar-refractivity contribution in [3.63, 3.8) is 0 Å². The lowest BCUT2D eigenvalue weighted by atomic mass is 10.2. The van der Waals surface area contributed by atoms with Crippen molar-refractivity contribution in [2.24, 2.45) is 0 Å². The highest BCUT2D eigenvalue weighted by atomic mass is 35.5. The van der Waals surface area contributed by atoms with Crippen LogP contribution in [0.2, 0.25) is 5.02 Å². The van der Waals surface area contributed by atoms with E-state index in [-0.39, 0.29) is 0 Å². The Bertz CT molecular complexity index is 898. The molecule has 0 aliphatic heterocycles. The third-order valence-corrected chi connectivity index (χ3v) is 3.88. The molecule has 2 aromatic carbocycles. The molecule has 1 aromatic heterocycles. The van der Waals surface area contributed by atoms with E-state index in [1.54, 1.807) is 7.11 Å². The SMILES string of the molecule is COc1cccc(Nc2cc(Nc3cc(Cl)ccc3C)nc(C)n2)c1. The fourth-order valence-electron chi connectivity index (χ4n) is 2.41. The number of aryl methyl sites for hydroxylation is 2. The minimum absolute atomic E-state index is 0.662. The first-order chi connectivity index (χ1) is 12.0. The van der Waals surface area contributed by atoms with E-state index in [0.29, 0.717) is 22.5 Å². The summed E-state index contributed by atoms with van der Waals surface area (Å²) in [7, 11) is 1.64. The summed E-state index contributed by atoms with van der Waals surface area (Å²) in [5, 5.41) is 7.25. The molecule has 0 fully saturated rings. The number of halogens is 1. The summed E-state index contributed by atoms with van der Waals surface area (Å²) in [4.78, 5) is 8.88. The summed E-state index contributed by atoms with van der Waals surface area (Å²) >= 11 is 6.08. The van der Waals surface area contributed by atoms with Crippen LogP contribution in [0.5, 0.6) is 5.75 Å². The molecule has 2 N–H and O–H groups in total. The molecular formula is C19H19ClN4O. The Hall–Kier alpha value is -2.79. The van der Waals surface area contributed by atoms with E-state index in [4.69, 9.17) is 16.3 Å². The van der Waals surface area contributed by atoms with Crippen molar-refractivity contribution in [1.29, 1.82) is 0 Å². The zero-order valence-electron chi connectivity index (χ0n) is 14.3. The number of hydrogen-bond acceptors (Lipinski definition) is 5. The molecule has 128 valence electrons. The van der Waals surface area contributed by atoms with E-state index >= 15 is 0 Å². The van der Waals surface area contributed by atoms with Crippen molar-refractivity contribution in [1.82, 2.24) is 9.97 Å². The average molecular weight is 355 g/mol. The quantitative estimate of drug-likeness (QED) is 0.656. The maximum Gasteiger partial charge on any atom is 0.136 e. The van der Waals surface area contributed by atoms with Gasteiger partial charge in [0.15, 0.2) is 0 Å². The lowest BCUT2D eigenvalue weighted by Crippen LogP contribution is -2.02. The van der Waals surface area contributed by atoms with Gasteiger partial charge in [-0.05, 0) is 43.7 Å². The van der Waals surface area contributed by atoms with Crippen LogP contribution in [-0.2, 0) is 0 Å². The first-order valence-corrected chi connectivity index (χ1v) is 8.21. The van der Waals surface area contributed by atoms with Crippen LogP contribution in [0.25, 0.3) is 0 Å². The lowest BCUT2D eigenvalue weighted by molar-refractivity contribution is 0.415. The Balaban J connectivity index is 1.86. The Morgan fingerprint density at radius 3 is 2.44 bits per heavy atom. The van der Waals surface area contributed by atoms with Crippen molar-refractivity contribution in [3.05, 3.63) is 64.9 Å². The predicted octanol–water partition coefficient (Wildman–Crippen LogP) is 5.24. The van der Waals surface area contributed by atoms with Crippen molar-refractivity contribution in [3.8, 4) is 5.75 Å². The molecule has 0 amide bonds. The highest BCUT2D eigenvalue weighted by Gasteiger charge is 2.06. The molecule has 5 nitrogen and oxygen atoms in total. The van der Waals surface area contributed by atoms with E-state index in [9.17, 15) is 0 Å². The minimum atomic E-state index is 0.662. The average Bonchev–Trinajstić information content (AvgIpc) is 2.58. The highest BCUT2D eigenvalue weighted by Crippen LogP contribution is 2.26. The molecule has 0 aliphatic carbocycles. The minimum Gasteiger partial charge on any atom is -0.497 e. The first-order valence-electron chi connectivity index (χ1n) is 7.83. The topological polar surface area (TPSA) is 59.1 Å². The number of ether oxygens (including phenoxy) is 1. The third-order valence-electron chi connectivity index (χ3n) is 3.64. The second-order valence-corrected chi connectivity index (χ2v) is 6.06.